The summed E-state index contributed by atoms with van der Waals surface area (Å²) in [4.78, 5) is 5.13. The molecule has 0 saturated heterocycles. The normalized spacial score (nSPS) is 12.7. The van der Waals surface area contributed by atoms with Crippen LogP contribution in [0.2, 0.25) is 0 Å². The number of hydrogen-bond acceptors (Lipinski definition) is 2. The van der Waals surface area contributed by atoms with E-state index in [4.69, 9.17) is 0 Å². The van der Waals surface area contributed by atoms with E-state index in [1.807, 2.05) is 0 Å². The Morgan fingerprint density at radius 1 is 0.270 bits per heavy atom. The maximum Gasteiger partial charge on any atom is 0.252 e. The Kier molecular flexibility index (Phi) is 8.04. The Balaban J connectivity index is 1.14. The van der Waals surface area contributed by atoms with Crippen LogP contribution in [0.4, 0.5) is 34.1 Å². The van der Waals surface area contributed by atoms with Gasteiger partial charge in [0, 0.05) is 44.9 Å². The predicted octanol–water partition coefficient (Wildman–Crippen LogP) is 14.2. The summed E-state index contributed by atoms with van der Waals surface area (Å²) < 4.78 is 0. The maximum atomic E-state index is 2.56. The number of anilines is 6. The van der Waals surface area contributed by atoms with E-state index in [0.717, 1.165) is 11.4 Å². The Labute approximate surface area is 367 Å². The fourth-order valence-corrected chi connectivity index (χ4v) is 10.5. The molecule has 0 fully saturated rings. The molecule has 0 amide bonds. The molecule has 0 radical (unpaired) electrons. The van der Waals surface area contributed by atoms with E-state index in [9.17, 15) is 0 Å². The van der Waals surface area contributed by atoms with Gasteiger partial charge in [0.15, 0.2) is 0 Å². The first-order valence-corrected chi connectivity index (χ1v) is 21.9. The molecule has 0 atom stereocenters. The third kappa shape index (κ3) is 5.67. The summed E-state index contributed by atoms with van der Waals surface area (Å²) in [6, 6.07) is 87.6. The van der Waals surface area contributed by atoms with Crippen molar-refractivity contribution >= 4 is 89.5 Å². The number of fused-ring (bicyclic) bond motifs is 9. The zero-order valence-corrected chi connectivity index (χ0v) is 34.5. The zero-order chi connectivity index (χ0) is 41.4. The highest BCUT2D eigenvalue weighted by Crippen LogP contribution is 2.49. The van der Waals surface area contributed by atoms with Crippen molar-refractivity contribution in [1.29, 1.82) is 0 Å². The highest BCUT2D eigenvalue weighted by Gasteiger charge is 2.44. The van der Waals surface area contributed by atoms with E-state index in [1.54, 1.807) is 0 Å². The van der Waals surface area contributed by atoms with E-state index in [0.29, 0.717) is 0 Å². The number of rotatable bonds is 5. The SMILES string of the molecule is c1ccc(-c2ccc(N3c4cc(-c5ccc6ccccc6c5)cc5c4B(c4ccc6ccccc6c43)c3ccc4ccccc4c3N5c3ccc(-c4ccccc4)cc3)cc2)cc1. The second-order valence-electron chi connectivity index (χ2n) is 16.9. The Morgan fingerprint density at radius 2 is 0.667 bits per heavy atom. The van der Waals surface area contributed by atoms with Gasteiger partial charge in [-0.05, 0) is 114 Å². The van der Waals surface area contributed by atoms with Gasteiger partial charge in [0.05, 0.1) is 0 Å². The minimum atomic E-state index is -0.0143. The monoisotopic (exact) mass is 798 g/mol. The van der Waals surface area contributed by atoms with Crippen LogP contribution in [0.3, 0.4) is 0 Å². The van der Waals surface area contributed by atoms with Crippen LogP contribution in [0.5, 0.6) is 0 Å². The second kappa shape index (κ2) is 14.2. The first-order chi connectivity index (χ1) is 31.2. The van der Waals surface area contributed by atoms with Crippen LogP contribution in [0.25, 0.3) is 65.7 Å². The van der Waals surface area contributed by atoms with Crippen molar-refractivity contribution in [2.45, 2.75) is 0 Å². The third-order valence-corrected chi connectivity index (χ3v) is 13.4. The standard InChI is InChI=1S/C60H39BN2/c1-3-13-40(14-4-1)43-25-31-50(32-26-43)62-56-38-49(48-24-23-42-17-7-8-20-47(42)37-48)39-57-58(56)61(54-35-29-45-18-9-11-21-52(45)59(54)62)55-36-30-46-19-10-12-22-53(46)60(55)63(57)51-33-27-44(28-34-51)41-15-5-2-6-16-41/h1-39H. The van der Waals surface area contributed by atoms with Crippen molar-refractivity contribution in [2.24, 2.45) is 0 Å². The number of hydrogen-bond donors (Lipinski definition) is 0. The summed E-state index contributed by atoms with van der Waals surface area (Å²) in [5.74, 6) is 0. The molecule has 0 bridgehead atoms. The molecule has 0 N–H and O–H groups in total. The van der Waals surface area contributed by atoms with Crippen molar-refractivity contribution < 1.29 is 0 Å². The Morgan fingerprint density at radius 3 is 1.17 bits per heavy atom. The molecule has 2 heterocycles. The molecule has 13 rings (SSSR count). The molecule has 2 aliphatic heterocycles. The lowest BCUT2D eigenvalue weighted by Crippen LogP contribution is -2.61. The van der Waals surface area contributed by atoms with Crippen molar-refractivity contribution in [2.75, 3.05) is 9.80 Å². The molecule has 0 aromatic heterocycles. The van der Waals surface area contributed by atoms with Crippen molar-refractivity contribution in [3.05, 3.63) is 237 Å². The topological polar surface area (TPSA) is 6.48 Å². The van der Waals surface area contributed by atoms with Gasteiger partial charge in [0.1, 0.15) is 0 Å². The van der Waals surface area contributed by atoms with Gasteiger partial charge in [0.2, 0.25) is 0 Å². The summed E-state index contributed by atoms with van der Waals surface area (Å²) in [5, 5.41) is 7.41. The van der Waals surface area contributed by atoms with Gasteiger partial charge in [-0.15, -0.1) is 0 Å². The van der Waals surface area contributed by atoms with Gasteiger partial charge < -0.3 is 9.80 Å². The molecule has 0 unspecified atom stereocenters. The van der Waals surface area contributed by atoms with Crippen LogP contribution in [0.15, 0.2) is 237 Å². The van der Waals surface area contributed by atoms with E-state index in [2.05, 4.69) is 246 Å². The lowest BCUT2D eigenvalue weighted by atomic mass is 9.33. The molecule has 0 saturated carbocycles. The van der Waals surface area contributed by atoms with Crippen molar-refractivity contribution in [3.63, 3.8) is 0 Å². The molecule has 63 heavy (non-hydrogen) atoms. The average Bonchev–Trinajstić information content (AvgIpc) is 3.36. The number of benzene rings is 11. The van der Waals surface area contributed by atoms with E-state index < -0.39 is 0 Å². The number of nitrogens with zero attached hydrogens (tertiary/aromatic N) is 2. The minimum absolute atomic E-state index is 0.0143. The van der Waals surface area contributed by atoms with Crippen molar-refractivity contribution in [3.8, 4) is 33.4 Å². The van der Waals surface area contributed by atoms with E-state index >= 15 is 0 Å². The van der Waals surface area contributed by atoms with E-state index in [1.165, 1.54) is 105 Å². The summed E-state index contributed by atoms with van der Waals surface area (Å²) in [6.07, 6.45) is 0. The van der Waals surface area contributed by atoms with Gasteiger partial charge in [-0.25, -0.2) is 0 Å². The molecule has 0 spiro atoms. The summed E-state index contributed by atoms with van der Waals surface area (Å²) in [6.45, 7) is -0.0143. The van der Waals surface area contributed by atoms with Crippen molar-refractivity contribution in [1.82, 2.24) is 0 Å². The molecule has 292 valence electrons. The largest absolute Gasteiger partial charge is 0.311 e. The van der Waals surface area contributed by atoms with Crippen LogP contribution in [-0.2, 0) is 0 Å². The molecule has 11 aromatic carbocycles. The van der Waals surface area contributed by atoms with E-state index in [-0.39, 0.29) is 6.71 Å². The maximum absolute atomic E-state index is 2.56. The molecule has 11 aromatic rings. The lowest BCUT2D eigenvalue weighted by molar-refractivity contribution is 1.27. The predicted molar refractivity (Wildman–Crippen MR) is 269 cm³/mol. The third-order valence-electron chi connectivity index (χ3n) is 13.4. The summed E-state index contributed by atoms with van der Waals surface area (Å²) in [7, 11) is 0. The Hall–Kier alpha value is -8.14. The van der Waals surface area contributed by atoms with Gasteiger partial charge in [-0.2, -0.15) is 0 Å². The fraction of sp³-hybridized carbons (Fsp3) is 0. The summed E-state index contributed by atoms with van der Waals surface area (Å²) in [5.41, 5.74) is 18.2. The Bertz CT molecular complexity index is 3370. The molecule has 0 aliphatic carbocycles. The minimum Gasteiger partial charge on any atom is -0.311 e. The van der Waals surface area contributed by atoms with Gasteiger partial charge in [-0.3, -0.25) is 0 Å². The van der Waals surface area contributed by atoms with Crippen LogP contribution in [-0.4, -0.2) is 6.71 Å². The lowest BCUT2D eigenvalue weighted by Gasteiger charge is -2.45. The van der Waals surface area contributed by atoms with Crippen LogP contribution < -0.4 is 26.2 Å². The molecule has 3 heteroatoms. The molecule has 2 aliphatic rings. The fourth-order valence-electron chi connectivity index (χ4n) is 10.5. The highest BCUT2D eigenvalue weighted by atomic mass is 15.2. The van der Waals surface area contributed by atoms with Crippen LogP contribution in [0, 0.1) is 0 Å². The quantitative estimate of drug-likeness (QED) is 0.160. The van der Waals surface area contributed by atoms with Gasteiger partial charge in [0.25, 0.3) is 6.71 Å². The molecular formula is C60H39BN2. The second-order valence-corrected chi connectivity index (χ2v) is 16.9. The molecular weight excluding hydrogens is 759 g/mol. The highest BCUT2D eigenvalue weighted by molar-refractivity contribution is 7.00. The first-order valence-electron chi connectivity index (χ1n) is 21.9. The molecule has 2 nitrogen and oxygen atoms in total. The summed E-state index contributed by atoms with van der Waals surface area (Å²) >= 11 is 0. The van der Waals surface area contributed by atoms with Crippen LogP contribution >= 0.6 is 0 Å². The van der Waals surface area contributed by atoms with Gasteiger partial charge >= 0.3 is 0 Å². The average molecular weight is 799 g/mol. The van der Waals surface area contributed by atoms with Crippen LogP contribution in [0.1, 0.15) is 0 Å². The first kappa shape index (κ1) is 35.6. The van der Waals surface area contributed by atoms with Gasteiger partial charge in [-0.1, -0.05) is 194 Å². The smallest absolute Gasteiger partial charge is 0.252 e. The zero-order valence-electron chi connectivity index (χ0n) is 34.5.